The van der Waals surface area contributed by atoms with Gasteiger partial charge in [0.2, 0.25) is 11.8 Å². The third-order valence-electron chi connectivity index (χ3n) is 4.36. The number of carbonyl (C=O) groups is 2. The molecule has 2 N–H and O–H groups in total. The molecule has 0 bridgehead atoms. The number of carbonyl (C=O) groups excluding carboxylic acids is 2. The number of nitrogens with zero attached hydrogens (tertiary/aromatic N) is 1. The van der Waals surface area contributed by atoms with Gasteiger partial charge < -0.3 is 15.5 Å². The zero-order chi connectivity index (χ0) is 14.4. The topological polar surface area (TPSA) is 61.4 Å². The van der Waals surface area contributed by atoms with Crippen LogP contribution in [-0.2, 0) is 9.59 Å². The standard InChI is InChI=1S/C15H27N3O2/c1-12(15(20)18-9-3-2-4-10-18)17-14(19)6-5-13-7-8-16-11-13/h12-13,16H,2-11H2,1H3,(H,17,19). The van der Waals surface area contributed by atoms with Gasteiger partial charge in [0.15, 0.2) is 0 Å². The Labute approximate surface area is 121 Å². The first kappa shape index (κ1) is 15.3. The summed E-state index contributed by atoms with van der Waals surface area (Å²) in [5, 5.41) is 6.16. The minimum Gasteiger partial charge on any atom is -0.345 e. The molecule has 0 aromatic rings. The lowest BCUT2D eigenvalue weighted by molar-refractivity contribution is -0.136. The van der Waals surface area contributed by atoms with Crippen molar-refractivity contribution in [2.45, 2.75) is 51.5 Å². The molecule has 0 aromatic heterocycles. The summed E-state index contributed by atoms with van der Waals surface area (Å²) in [5.41, 5.74) is 0. The van der Waals surface area contributed by atoms with E-state index in [9.17, 15) is 9.59 Å². The second kappa shape index (κ2) is 7.62. The summed E-state index contributed by atoms with van der Waals surface area (Å²) in [6.45, 7) is 5.57. The van der Waals surface area contributed by atoms with E-state index >= 15 is 0 Å². The highest BCUT2D eigenvalue weighted by atomic mass is 16.2. The van der Waals surface area contributed by atoms with Gasteiger partial charge in [-0.15, -0.1) is 0 Å². The van der Waals surface area contributed by atoms with Crippen LogP contribution in [0.5, 0.6) is 0 Å². The van der Waals surface area contributed by atoms with E-state index < -0.39 is 0 Å². The largest absolute Gasteiger partial charge is 0.345 e. The van der Waals surface area contributed by atoms with E-state index in [1.807, 2.05) is 4.90 Å². The lowest BCUT2D eigenvalue weighted by Gasteiger charge is -2.29. The molecular formula is C15H27N3O2. The molecular weight excluding hydrogens is 254 g/mol. The van der Waals surface area contributed by atoms with Crippen molar-refractivity contribution in [1.82, 2.24) is 15.5 Å². The Morgan fingerprint density at radius 2 is 2.05 bits per heavy atom. The van der Waals surface area contributed by atoms with E-state index in [0.717, 1.165) is 51.9 Å². The molecule has 0 saturated carbocycles. The highest BCUT2D eigenvalue weighted by Crippen LogP contribution is 2.14. The predicted molar refractivity (Wildman–Crippen MR) is 78.2 cm³/mol. The Balaban J connectivity index is 1.67. The van der Waals surface area contributed by atoms with Crippen molar-refractivity contribution in [2.24, 2.45) is 5.92 Å². The molecule has 2 amide bonds. The maximum atomic E-state index is 12.2. The Kier molecular flexibility index (Phi) is 5.83. The van der Waals surface area contributed by atoms with Crippen LogP contribution in [0.15, 0.2) is 0 Å². The number of likely N-dealkylation sites (tertiary alicyclic amines) is 1. The number of hydrogen-bond acceptors (Lipinski definition) is 3. The van der Waals surface area contributed by atoms with Crippen LogP contribution in [-0.4, -0.2) is 48.9 Å². The summed E-state index contributed by atoms with van der Waals surface area (Å²) in [5.74, 6) is 0.698. The maximum Gasteiger partial charge on any atom is 0.244 e. The highest BCUT2D eigenvalue weighted by molar-refractivity contribution is 5.87. The predicted octanol–water partition coefficient (Wildman–Crippen LogP) is 0.893. The smallest absolute Gasteiger partial charge is 0.244 e. The summed E-state index contributed by atoms with van der Waals surface area (Å²) in [6.07, 6.45) is 5.99. The molecule has 2 atom stereocenters. The summed E-state index contributed by atoms with van der Waals surface area (Å²) >= 11 is 0. The van der Waals surface area contributed by atoms with E-state index in [0.29, 0.717) is 12.3 Å². The quantitative estimate of drug-likeness (QED) is 0.787. The molecule has 2 fully saturated rings. The van der Waals surface area contributed by atoms with Crippen molar-refractivity contribution < 1.29 is 9.59 Å². The van der Waals surface area contributed by atoms with Gasteiger partial charge in [0.1, 0.15) is 6.04 Å². The lowest BCUT2D eigenvalue weighted by atomic mass is 10.0. The molecule has 0 radical (unpaired) electrons. The molecule has 2 saturated heterocycles. The Morgan fingerprint density at radius 1 is 1.30 bits per heavy atom. The Morgan fingerprint density at radius 3 is 2.70 bits per heavy atom. The van der Waals surface area contributed by atoms with Gasteiger partial charge in [0, 0.05) is 19.5 Å². The molecule has 2 aliphatic heterocycles. The molecule has 0 aliphatic carbocycles. The van der Waals surface area contributed by atoms with Crippen molar-refractivity contribution in [2.75, 3.05) is 26.2 Å². The van der Waals surface area contributed by atoms with Crippen LogP contribution in [0.4, 0.5) is 0 Å². The third-order valence-corrected chi connectivity index (χ3v) is 4.36. The normalized spacial score (nSPS) is 24.4. The zero-order valence-electron chi connectivity index (χ0n) is 12.5. The fraction of sp³-hybridized carbons (Fsp3) is 0.867. The molecule has 0 spiro atoms. The number of rotatable bonds is 5. The summed E-state index contributed by atoms with van der Waals surface area (Å²) in [4.78, 5) is 26.0. The maximum absolute atomic E-state index is 12.2. The first-order valence-corrected chi connectivity index (χ1v) is 7.95. The molecule has 0 aromatic carbocycles. The minimum absolute atomic E-state index is 0.00904. The zero-order valence-corrected chi connectivity index (χ0v) is 12.5. The fourth-order valence-corrected chi connectivity index (χ4v) is 3.06. The van der Waals surface area contributed by atoms with Gasteiger partial charge in [0.05, 0.1) is 0 Å². The molecule has 20 heavy (non-hydrogen) atoms. The van der Waals surface area contributed by atoms with E-state index in [-0.39, 0.29) is 17.9 Å². The SMILES string of the molecule is CC(NC(=O)CCC1CCNC1)C(=O)N1CCCCC1. The van der Waals surface area contributed by atoms with Gasteiger partial charge in [0.25, 0.3) is 0 Å². The van der Waals surface area contributed by atoms with Crippen LogP contribution < -0.4 is 10.6 Å². The monoisotopic (exact) mass is 281 g/mol. The van der Waals surface area contributed by atoms with Crippen LogP contribution in [0.25, 0.3) is 0 Å². The number of hydrogen-bond donors (Lipinski definition) is 2. The van der Waals surface area contributed by atoms with Crippen LogP contribution in [0, 0.1) is 5.92 Å². The van der Waals surface area contributed by atoms with Crippen molar-refractivity contribution in [1.29, 1.82) is 0 Å². The molecule has 5 heteroatoms. The first-order valence-electron chi connectivity index (χ1n) is 7.95. The van der Waals surface area contributed by atoms with Crippen molar-refractivity contribution in [3.63, 3.8) is 0 Å². The number of nitrogens with one attached hydrogen (secondary N) is 2. The molecule has 2 unspecified atom stereocenters. The number of amides is 2. The second-order valence-corrected chi connectivity index (χ2v) is 6.07. The minimum atomic E-state index is -0.387. The summed E-state index contributed by atoms with van der Waals surface area (Å²) in [6, 6.07) is -0.387. The van der Waals surface area contributed by atoms with E-state index in [2.05, 4.69) is 10.6 Å². The average Bonchev–Trinajstić information content (AvgIpc) is 2.98. The third kappa shape index (κ3) is 4.47. The van der Waals surface area contributed by atoms with Gasteiger partial charge in [-0.25, -0.2) is 0 Å². The van der Waals surface area contributed by atoms with Gasteiger partial charge in [-0.2, -0.15) is 0 Å². The van der Waals surface area contributed by atoms with Gasteiger partial charge >= 0.3 is 0 Å². The molecule has 2 aliphatic rings. The van der Waals surface area contributed by atoms with Crippen molar-refractivity contribution >= 4 is 11.8 Å². The number of piperidine rings is 1. The fourth-order valence-electron chi connectivity index (χ4n) is 3.06. The molecule has 2 heterocycles. The molecule has 5 nitrogen and oxygen atoms in total. The van der Waals surface area contributed by atoms with Crippen molar-refractivity contribution in [3.05, 3.63) is 0 Å². The second-order valence-electron chi connectivity index (χ2n) is 6.07. The van der Waals surface area contributed by atoms with E-state index in [1.165, 1.54) is 6.42 Å². The van der Waals surface area contributed by atoms with Gasteiger partial charge in [-0.1, -0.05) is 0 Å². The van der Waals surface area contributed by atoms with Gasteiger partial charge in [-0.3, -0.25) is 9.59 Å². The van der Waals surface area contributed by atoms with Crippen molar-refractivity contribution in [3.8, 4) is 0 Å². The lowest BCUT2D eigenvalue weighted by Crippen LogP contribution is -2.48. The highest BCUT2D eigenvalue weighted by Gasteiger charge is 2.23. The average molecular weight is 281 g/mol. The molecule has 114 valence electrons. The van der Waals surface area contributed by atoms with Crippen LogP contribution >= 0.6 is 0 Å². The van der Waals surface area contributed by atoms with Crippen LogP contribution in [0.3, 0.4) is 0 Å². The first-order chi connectivity index (χ1) is 9.66. The molecule has 2 rings (SSSR count). The van der Waals surface area contributed by atoms with Crippen LogP contribution in [0.1, 0.15) is 45.4 Å². The van der Waals surface area contributed by atoms with E-state index in [1.54, 1.807) is 6.92 Å². The summed E-state index contributed by atoms with van der Waals surface area (Å²) in [7, 11) is 0. The Hall–Kier alpha value is -1.10. The summed E-state index contributed by atoms with van der Waals surface area (Å²) < 4.78 is 0. The Bertz CT molecular complexity index is 334. The van der Waals surface area contributed by atoms with E-state index in [4.69, 9.17) is 0 Å². The van der Waals surface area contributed by atoms with Gasteiger partial charge in [-0.05, 0) is 58.0 Å². The van der Waals surface area contributed by atoms with Crippen LogP contribution in [0.2, 0.25) is 0 Å².